The third kappa shape index (κ3) is 9.80. The van der Waals surface area contributed by atoms with E-state index in [-0.39, 0.29) is 38.6 Å². The Morgan fingerprint density at radius 2 is 0.943 bits per heavy atom. The number of halogens is 4. The van der Waals surface area contributed by atoms with Crippen molar-refractivity contribution in [2.75, 3.05) is 0 Å². The minimum absolute atomic E-state index is 0. The molecule has 35 heavy (non-hydrogen) atoms. The first-order valence-corrected chi connectivity index (χ1v) is 13.2. The summed E-state index contributed by atoms with van der Waals surface area (Å²) in [5.41, 5.74) is 0.959. The van der Waals surface area contributed by atoms with Crippen LogP contribution in [0.1, 0.15) is 75.3 Å². The van der Waals surface area contributed by atoms with Crippen molar-refractivity contribution in [2.45, 2.75) is 76.3 Å². The van der Waals surface area contributed by atoms with Crippen molar-refractivity contribution < 1.29 is 27.3 Å². The van der Waals surface area contributed by atoms with Gasteiger partial charge in [0.1, 0.15) is 0 Å². The van der Waals surface area contributed by atoms with E-state index < -0.39 is 0 Å². The van der Waals surface area contributed by atoms with Gasteiger partial charge in [0.2, 0.25) is 0 Å². The van der Waals surface area contributed by atoms with Gasteiger partial charge in [0.25, 0.3) is 0 Å². The van der Waals surface area contributed by atoms with E-state index in [0.717, 1.165) is 25.7 Å². The Balaban J connectivity index is 0.000000240. The quantitative estimate of drug-likeness (QED) is 0.266. The van der Waals surface area contributed by atoms with Crippen molar-refractivity contribution in [1.29, 1.82) is 0 Å². The maximum absolute atomic E-state index is 11.7. The van der Waals surface area contributed by atoms with Crippen LogP contribution in [0.3, 0.4) is 0 Å². The van der Waals surface area contributed by atoms with Crippen LogP contribution in [-0.4, -0.2) is 24.5 Å². The number of aliphatic imine (C=N–C) groups is 2. The summed E-state index contributed by atoms with van der Waals surface area (Å²) >= 11 is 23.3. The number of hydrogen-bond donors (Lipinski definition) is 0. The SMILES string of the molecule is [Cu+2].[O-]c1c(Cl)cc(Cl)cc1C=NC1CCCCC1.[O-]c1c(Cl)cc(Cl)cc1C=NC1CCCCC1. The summed E-state index contributed by atoms with van der Waals surface area (Å²) in [5.74, 6) is -0.397. The molecule has 4 nitrogen and oxygen atoms in total. The average molecular weight is 606 g/mol. The second kappa shape index (κ2) is 15.3. The third-order valence-electron chi connectivity index (χ3n) is 6.07. The topological polar surface area (TPSA) is 70.8 Å². The van der Waals surface area contributed by atoms with Crippen LogP contribution in [0.15, 0.2) is 34.3 Å². The standard InChI is InChI=1S/2C13H15Cl2NO.Cu/c2*14-10-6-9(13(17)12(15)7-10)8-16-11-4-2-1-3-5-11;/h2*6-8,11,17H,1-5H2;/q;;+2/p-2. The van der Waals surface area contributed by atoms with Crippen molar-refractivity contribution in [3.05, 3.63) is 55.5 Å². The molecule has 1 radical (unpaired) electrons. The molecule has 2 aromatic rings. The second-order valence-electron chi connectivity index (χ2n) is 8.75. The zero-order valence-electron chi connectivity index (χ0n) is 19.2. The largest absolute Gasteiger partial charge is 2.00 e. The molecule has 0 amide bonds. The minimum atomic E-state index is -0.198. The molecule has 2 saturated carbocycles. The molecule has 2 fully saturated rings. The molecule has 0 bridgehead atoms. The van der Waals surface area contributed by atoms with Gasteiger partial charge in [-0.15, -0.1) is 0 Å². The Kier molecular flexibility index (Phi) is 13.3. The Morgan fingerprint density at radius 3 is 1.29 bits per heavy atom. The monoisotopic (exact) mass is 603 g/mol. The Labute approximate surface area is 238 Å². The first-order valence-electron chi connectivity index (χ1n) is 11.7. The van der Waals surface area contributed by atoms with Crippen molar-refractivity contribution in [3.8, 4) is 11.5 Å². The van der Waals surface area contributed by atoms with Crippen LogP contribution < -0.4 is 10.2 Å². The van der Waals surface area contributed by atoms with E-state index in [9.17, 15) is 10.2 Å². The molecule has 0 aliphatic heterocycles. The van der Waals surface area contributed by atoms with Crippen LogP contribution in [0.25, 0.3) is 0 Å². The summed E-state index contributed by atoms with van der Waals surface area (Å²) in [6.45, 7) is 0. The van der Waals surface area contributed by atoms with Gasteiger partial charge in [-0.3, -0.25) is 9.98 Å². The van der Waals surface area contributed by atoms with Crippen LogP contribution >= 0.6 is 46.4 Å². The molecule has 0 spiro atoms. The number of hydrogen-bond acceptors (Lipinski definition) is 4. The zero-order chi connectivity index (χ0) is 24.5. The second-order valence-corrected chi connectivity index (χ2v) is 10.4. The number of rotatable bonds is 4. The Morgan fingerprint density at radius 1 is 0.600 bits per heavy atom. The van der Waals surface area contributed by atoms with E-state index in [1.54, 1.807) is 24.6 Å². The fraction of sp³-hybridized carbons (Fsp3) is 0.462. The predicted molar refractivity (Wildman–Crippen MR) is 141 cm³/mol. The molecular formula is C26H28Cl4CuN2O2. The molecule has 2 aliphatic rings. The van der Waals surface area contributed by atoms with E-state index in [0.29, 0.717) is 33.3 Å². The van der Waals surface area contributed by atoms with Gasteiger partial charge >= 0.3 is 17.1 Å². The van der Waals surface area contributed by atoms with Gasteiger partial charge in [-0.05, 0) is 61.1 Å². The molecule has 0 N–H and O–H groups in total. The summed E-state index contributed by atoms with van der Waals surface area (Å²) in [6.07, 6.45) is 15.2. The minimum Gasteiger partial charge on any atom is -0.871 e. The molecule has 0 aromatic heterocycles. The van der Waals surface area contributed by atoms with Gasteiger partial charge in [0.15, 0.2) is 0 Å². The molecule has 4 rings (SSSR count). The van der Waals surface area contributed by atoms with Crippen LogP contribution in [0.2, 0.25) is 20.1 Å². The van der Waals surface area contributed by atoms with Gasteiger partial charge in [-0.25, -0.2) is 0 Å². The Bertz CT molecular complexity index is 939. The van der Waals surface area contributed by atoms with Gasteiger partial charge in [-0.1, -0.05) is 96.4 Å². The Hall–Kier alpha value is -0.941. The van der Waals surface area contributed by atoms with Crippen molar-refractivity contribution in [1.82, 2.24) is 0 Å². The fourth-order valence-electron chi connectivity index (χ4n) is 4.18. The first kappa shape index (κ1) is 30.3. The molecule has 0 saturated heterocycles. The smallest absolute Gasteiger partial charge is 0.871 e. The van der Waals surface area contributed by atoms with Crippen LogP contribution in [0, 0.1) is 0 Å². The van der Waals surface area contributed by atoms with E-state index in [1.807, 2.05) is 0 Å². The van der Waals surface area contributed by atoms with Crippen LogP contribution in [-0.2, 0) is 17.1 Å². The van der Waals surface area contributed by atoms with Gasteiger partial charge in [0.05, 0.1) is 0 Å². The van der Waals surface area contributed by atoms with Crippen molar-refractivity contribution >= 4 is 58.8 Å². The predicted octanol–water partition coefficient (Wildman–Crippen LogP) is 7.63. The third-order valence-corrected chi connectivity index (χ3v) is 7.07. The summed E-state index contributed by atoms with van der Waals surface area (Å²) in [5, 5.41) is 24.7. The van der Waals surface area contributed by atoms with Gasteiger partial charge in [0, 0.05) is 44.6 Å². The molecule has 0 atom stereocenters. The van der Waals surface area contributed by atoms with E-state index in [4.69, 9.17) is 46.4 Å². The maximum Gasteiger partial charge on any atom is 2.00 e. The van der Waals surface area contributed by atoms with Crippen LogP contribution in [0.4, 0.5) is 0 Å². The molecule has 0 unspecified atom stereocenters. The van der Waals surface area contributed by atoms with E-state index in [2.05, 4.69) is 9.98 Å². The fourth-order valence-corrected chi connectivity index (χ4v) is 5.20. The van der Waals surface area contributed by atoms with Gasteiger partial charge in [-0.2, -0.15) is 0 Å². The van der Waals surface area contributed by atoms with E-state index in [1.165, 1.54) is 50.7 Å². The maximum atomic E-state index is 11.7. The average Bonchev–Trinajstić information content (AvgIpc) is 2.83. The van der Waals surface area contributed by atoms with Crippen molar-refractivity contribution in [3.63, 3.8) is 0 Å². The zero-order valence-corrected chi connectivity index (χ0v) is 23.2. The number of nitrogens with zero attached hydrogens (tertiary/aromatic N) is 2. The molecule has 2 aromatic carbocycles. The van der Waals surface area contributed by atoms with Crippen molar-refractivity contribution in [2.24, 2.45) is 9.98 Å². The normalized spacial score (nSPS) is 17.3. The molecule has 2 aliphatic carbocycles. The molecule has 193 valence electrons. The molecule has 0 heterocycles. The van der Waals surface area contributed by atoms with Gasteiger partial charge < -0.3 is 10.2 Å². The summed E-state index contributed by atoms with van der Waals surface area (Å²) in [7, 11) is 0. The van der Waals surface area contributed by atoms with E-state index >= 15 is 0 Å². The summed E-state index contributed by atoms with van der Waals surface area (Å²) in [6, 6.07) is 6.85. The summed E-state index contributed by atoms with van der Waals surface area (Å²) in [4.78, 5) is 8.91. The first-order chi connectivity index (χ1) is 16.3. The molecule has 9 heteroatoms. The van der Waals surface area contributed by atoms with Crippen LogP contribution in [0.5, 0.6) is 11.5 Å². The number of benzene rings is 2. The summed E-state index contributed by atoms with van der Waals surface area (Å²) < 4.78 is 0. The molecular weight excluding hydrogens is 578 g/mol.